The van der Waals surface area contributed by atoms with E-state index in [1.54, 1.807) is 6.07 Å². The molecule has 1 aliphatic rings. The number of anilines is 1. The van der Waals surface area contributed by atoms with E-state index in [0.717, 1.165) is 10.0 Å². The number of para-hydroxylation sites is 1. The van der Waals surface area contributed by atoms with Gasteiger partial charge < -0.3 is 14.8 Å². The molecule has 0 radical (unpaired) electrons. The lowest BCUT2D eigenvalue weighted by Gasteiger charge is -2.20. The topological polar surface area (TPSA) is 30.5 Å². The maximum absolute atomic E-state index is 13.5. The Morgan fingerprint density at radius 2 is 1.81 bits per heavy atom. The second-order valence-electron chi connectivity index (χ2n) is 4.55. The van der Waals surface area contributed by atoms with Crippen molar-refractivity contribution in [1.29, 1.82) is 0 Å². The molecule has 0 saturated heterocycles. The highest BCUT2D eigenvalue weighted by atomic mass is 79.9. The predicted octanol–water partition coefficient (Wildman–Crippen LogP) is 4.11. The highest BCUT2D eigenvalue weighted by molar-refractivity contribution is 9.10. The Bertz CT molecular complexity index is 659. The molecular formula is C15H12BrF2NO2. The summed E-state index contributed by atoms with van der Waals surface area (Å²) in [6.45, 7) is 1.26. The molecule has 3 rings (SSSR count). The number of halogens is 3. The van der Waals surface area contributed by atoms with Crippen LogP contribution in [0.5, 0.6) is 11.5 Å². The van der Waals surface area contributed by atoms with Gasteiger partial charge >= 0.3 is 0 Å². The Morgan fingerprint density at radius 1 is 1.10 bits per heavy atom. The average molecular weight is 356 g/mol. The molecule has 0 unspecified atom stereocenters. The number of fused-ring (bicyclic) bond motifs is 1. The van der Waals surface area contributed by atoms with Crippen LogP contribution in [0.3, 0.4) is 0 Å². The van der Waals surface area contributed by atoms with Crippen molar-refractivity contribution < 1.29 is 18.3 Å². The van der Waals surface area contributed by atoms with Crippen molar-refractivity contribution in [2.45, 2.75) is 6.54 Å². The molecule has 2 aromatic rings. The van der Waals surface area contributed by atoms with Crippen LogP contribution in [-0.4, -0.2) is 13.2 Å². The van der Waals surface area contributed by atoms with E-state index in [9.17, 15) is 8.78 Å². The van der Waals surface area contributed by atoms with Gasteiger partial charge in [0.05, 0.1) is 4.47 Å². The first-order valence-corrected chi connectivity index (χ1v) is 7.20. The Kier molecular flexibility index (Phi) is 3.96. The molecule has 1 heterocycles. The number of rotatable bonds is 3. The van der Waals surface area contributed by atoms with Crippen LogP contribution in [-0.2, 0) is 6.54 Å². The van der Waals surface area contributed by atoms with Crippen LogP contribution >= 0.6 is 15.9 Å². The first kappa shape index (κ1) is 14.1. The smallest absolute Gasteiger partial charge is 0.175 e. The third kappa shape index (κ3) is 2.95. The molecule has 1 aliphatic heterocycles. The Labute approximate surface area is 129 Å². The zero-order valence-corrected chi connectivity index (χ0v) is 12.5. The Morgan fingerprint density at radius 3 is 2.57 bits per heavy atom. The lowest BCUT2D eigenvalue weighted by atomic mass is 10.2. The van der Waals surface area contributed by atoms with Gasteiger partial charge in [-0.3, -0.25) is 0 Å². The van der Waals surface area contributed by atoms with Crippen molar-refractivity contribution in [3.8, 4) is 11.5 Å². The SMILES string of the molecule is Fc1cccc(F)c1NCc1cc(Br)c2c(c1)OCCO2. The van der Waals surface area contributed by atoms with Crippen molar-refractivity contribution in [1.82, 2.24) is 0 Å². The maximum Gasteiger partial charge on any atom is 0.175 e. The number of benzene rings is 2. The number of hydrogen-bond acceptors (Lipinski definition) is 3. The molecule has 6 heteroatoms. The summed E-state index contributed by atoms with van der Waals surface area (Å²) in [7, 11) is 0. The van der Waals surface area contributed by atoms with E-state index < -0.39 is 11.6 Å². The van der Waals surface area contributed by atoms with E-state index in [4.69, 9.17) is 9.47 Å². The van der Waals surface area contributed by atoms with Crippen LogP contribution in [0.25, 0.3) is 0 Å². The second-order valence-corrected chi connectivity index (χ2v) is 5.41. The van der Waals surface area contributed by atoms with Gasteiger partial charge in [-0.2, -0.15) is 0 Å². The summed E-state index contributed by atoms with van der Waals surface area (Å²) in [4.78, 5) is 0. The quantitative estimate of drug-likeness (QED) is 0.898. The summed E-state index contributed by atoms with van der Waals surface area (Å²) in [6, 6.07) is 7.39. The van der Waals surface area contributed by atoms with Gasteiger partial charge in [0.25, 0.3) is 0 Å². The number of hydrogen-bond donors (Lipinski definition) is 1. The lowest BCUT2D eigenvalue weighted by Crippen LogP contribution is -2.16. The van der Waals surface area contributed by atoms with E-state index in [1.807, 2.05) is 6.07 Å². The standard InChI is InChI=1S/C15H12BrF2NO2/c16-10-6-9(7-13-15(10)21-5-4-20-13)8-19-14-11(17)2-1-3-12(14)18/h1-3,6-7,19H,4-5,8H2. The van der Waals surface area contributed by atoms with Gasteiger partial charge in [0.1, 0.15) is 30.5 Å². The third-order valence-corrected chi connectivity index (χ3v) is 3.68. The third-order valence-electron chi connectivity index (χ3n) is 3.09. The van der Waals surface area contributed by atoms with Crippen LogP contribution in [0, 0.1) is 11.6 Å². The zero-order chi connectivity index (χ0) is 14.8. The monoisotopic (exact) mass is 355 g/mol. The van der Waals surface area contributed by atoms with Crippen LogP contribution < -0.4 is 14.8 Å². The molecule has 0 spiro atoms. The summed E-state index contributed by atoms with van der Waals surface area (Å²) in [5.74, 6) is 0.0433. The highest BCUT2D eigenvalue weighted by Gasteiger charge is 2.16. The summed E-state index contributed by atoms with van der Waals surface area (Å²) < 4.78 is 38.9. The fourth-order valence-electron chi connectivity index (χ4n) is 2.12. The largest absolute Gasteiger partial charge is 0.486 e. The normalized spacial score (nSPS) is 13.1. The van der Waals surface area contributed by atoms with Crippen molar-refractivity contribution >= 4 is 21.6 Å². The van der Waals surface area contributed by atoms with Crippen LogP contribution in [0.1, 0.15) is 5.56 Å². The second kappa shape index (κ2) is 5.89. The number of nitrogens with one attached hydrogen (secondary N) is 1. The minimum Gasteiger partial charge on any atom is -0.486 e. The molecule has 0 aliphatic carbocycles. The highest BCUT2D eigenvalue weighted by Crippen LogP contribution is 2.38. The van der Waals surface area contributed by atoms with Crippen molar-refractivity contribution in [2.24, 2.45) is 0 Å². The molecule has 0 atom stereocenters. The molecule has 2 aromatic carbocycles. The molecule has 0 amide bonds. The molecule has 21 heavy (non-hydrogen) atoms. The summed E-state index contributed by atoms with van der Waals surface area (Å²) in [6.07, 6.45) is 0. The molecule has 110 valence electrons. The van der Waals surface area contributed by atoms with Gasteiger partial charge in [-0.25, -0.2) is 8.78 Å². The lowest BCUT2D eigenvalue weighted by molar-refractivity contribution is 0.170. The Hall–Kier alpha value is -1.82. The Balaban J connectivity index is 1.81. The van der Waals surface area contributed by atoms with Gasteiger partial charge in [-0.1, -0.05) is 6.07 Å². The summed E-state index contributed by atoms with van der Waals surface area (Å²) in [5, 5.41) is 2.76. The van der Waals surface area contributed by atoms with Gasteiger partial charge in [-0.15, -0.1) is 0 Å². The molecule has 0 bridgehead atoms. The molecule has 0 fully saturated rings. The fourth-order valence-corrected chi connectivity index (χ4v) is 2.73. The van der Waals surface area contributed by atoms with Gasteiger partial charge in [-0.05, 0) is 45.8 Å². The van der Waals surface area contributed by atoms with Crippen LogP contribution in [0.4, 0.5) is 14.5 Å². The van der Waals surface area contributed by atoms with E-state index in [1.165, 1.54) is 18.2 Å². The first-order chi connectivity index (χ1) is 10.1. The van der Waals surface area contributed by atoms with Crippen LogP contribution in [0.15, 0.2) is 34.8 Å². The average Bonchev–Trinajstić information content (AvgIpc) is 2.47. The van der Waals surface area contributed by atoms with Crippen molar-refractivity contribution in [3.63, 3.8) is 0 Å². The van der Waals surface area contributed by atoms with Crippen molar-refractivity contribution in [2.75, 3.05) is 18.5 Å². The van der Waals surface area contributed by atoms with E-state index in [2.05, 4.69) is 21.2 Å². The summed E-state index contributed by atoms with van der Waals surface area (Å²) >= 11 is 3.41. The van der Waals surface area contributed by atoms with E-state index >= 15 is 0 Å². The maximum atomic E-state index is 13.5. The van der Waals surface area contributed by atoms with Crippen LogP contribution in [0.2, 0.25) is 0 Å². The minimum absolute atomic E-state index is 0.136. The molecule has 0 aromatic heterocycles. The zero-order valence-electron chi connectivity index (χ0n) is 11.0. The van der Waals surface area contributed by atoms with Gasteiger partial charge in [0.2, 0.25) is 0 Å². The molecular weight excluding hydrogens is 344 g/mol. The molecule has 3 nitrogen and oxygen atoms in total. The number of ether oxygens (including phenoxy) is 2. The van der Waals surface area contributed by atoms with Gasteiger partial charge in [0.15, 0.2) is 11.5 Å². The van der Waals surface area contributed by atoms with E-state index in [-0.39, 0.29) is 12.2 Å². The van der Waals surface area contributed by atoms with Gasteiger partial charge in [0, 0.05) is 6.54 Å². The first-order valence-electron chi connectivity index (χ1n) is 6.41. The molecule has 1 N–H and O–H groups in total. The van der Waals surface area contributed by atoms with Crippen molar-refractivity contribution in [3.05, 3.63) is 52.0 Å². The van der Waals surface area contributed by atoms with E-state index in [0.29, 0.717) is 24.7 Å². The fraction of sp³-hybridized carbons (Fsp3) is 0.200. The summed E-state index contributed by atoms with van der Waals surface area (Å²) in [5.41, 5.74) is 0.692. The minimum atomic E-state index is -0.619. The molecule has 0 saturated carbocycles. The predicted molar refractivity (Wildman–Crippen MR) is 78.8 cm³/mol.